The molecule has 3 heterocycles. The Morgan fingerprint density at radius 2 is 1.81 bits per heavy atom. The first-order valence-corrected chi connectivity index (χ1v) is 8.89. The largest absolute Gasteiger partial charge is 0.381 e. The van der Waals surface area contributed by atoms with Crippen LogP contribution in [-0.4, -0.2) is 85.8 Å². The topological polar surface area (TPSA) is 19.0 Å². The molecule has 3 saturated heterocycles. The molecule has 0 N–H and O–H groups in total. The molecule has 4 fully saturated rings. The second kappa shape index (κ2) is 5.48. The van der Waals surface area contributed by atoms with E-state index in [2.05, 4.69) is 21.7 Å². The van der Waals surface area contributed by atoms with Crippen LogP contribution in [-0.2, 0) is 4.74 Å². The third-order valence-corrected chi connectivity index (χ3v) is 6.66. The molecule has 0 radical (unpaired) electrons. The molecule has 21 heavy (non-hydrogen) atoms. The number of rotatable bonds is 4. The molecule has 4 rings (SSSR count). The number of ether oxygens (including phenoxy) is 1. The second-order valence-corrected chi connectivity index (χ2v) is 8.07. The summed E-state index contributed by atoms with van der Waals surface area (Å²) < 4.78 is 5.44. The predicted octanol–water partition coefficient (Wildman–Crippen LogP) is 1.27. The van der Waals surface area contributed by atoms with Crippen molar-refractivity contribution in [3.8, 4) is 0 Å². The van der Waals surface area contributed by atoms with Gasteiger partial charge in [-0.1, -0.05) is 0 Å². The molecule has 0 aromatic heterocycles. The average Bonchev–Trinajstić information content (AvgIpc) is 2.37. The minimum absolute atomic E-state index is 0.544. The SMILES string of the molecule is CO[C@H]1C[C@H](N2CCC23CN(CC2CCN(C)CC2)C3)C1. The fraction of sp³-hybridized carbons (Fsp3) is 1.00. The van der Waals surface area contributed by atoms with E-state index in [-0.39, 0.29) is 0 Å². The Morgan fingerprint density at radius 3 is 2.38 bits per heavy atom. The van der Waals surface area contributed by atoms with Gasteiger partial charge in [-0.3, -0.25) is 9.80 Å². The molecular formula is C17H31N3O. The fourth-order valence-corrected chi connectivity index (χ4v) is 4.98. The van der Waals surface area contributed by atoms with Crippen molar-refractivity contribution < 1.29 is 4.74 Å². The second-order valence-electron chi connectivity index (χ2n) is 8.07. The number of hydrogen-bond donors (Lipinski definition) is 0. The summed E-state index contributed by atoms with van der Waals surface area (Å²) in [5.74, 6) is 0.952. The van der Waals surface area contributed by atoms with Gasteiger partial charge in [0.1, 0.15) is 0 Å². The monoisotopic (exact) mass is 293 g/mol. The van der Waals surface area contributed by atoms with Crippen molar-refractivity contribution in [3.63, 3.8) is 0 Å². The van der Waals surface area contributed by atoms with E-state index < -0.39 is 0 Å². The molecule has 1 saturated carbocycles. The lowest BCUT2D eigenvalue weighted by atomic mass is 9.72. The van der Waals surface area contributed by atoms with Gasteiger partial charge in [0.25, 0.3) is 0 Å². The average molecular weight is 293 g/mol. The number of methoxy groups -OCH3 is 1. The highest BCUT2D eigenvalue weighted by Crippen LogP contribution is 2.45. The molecular weight excluding hydrogens is 262 g/mol. The van der Waals surface area contributed by atoms with Crippen molar-refractivity contribution in [2.45, 2.75) is 49.8 Å². The number of piperidine rings is 1. The molecule has 0 amide bonds. The molecule has 0 unspecified atom stereocenters. The first-order chi connectivity index (χ1) is 10.2. The van der Waals surface area contributed by atoms with Gasteiger partial charge in [0.2, 0.25) is 0 Å². The van der Waals surface area contributed by atoms with E-state index in [1.165, 1.54) is 71.4 Å². The van der Waals surface area contributed by atoms with Crippen molar-refractivity contribution in [1.82, 2.24) is 14.7 Å². The molecule has 4 heteroatoms. The molecule has 0 atom stereocenters. The number of likely N-dealkylation sites (tertiary alicyclic amines) is 3. The molecule has 120 valence electrons. The van der Waals surface area contributed by atoms with Crippen LogP contribution in [0.2, 0.25) is 0 Å². The zero-order valence-electron chi connectivity index (χ0n) is 13.8. The first kappa shape index (κ1) is 14.4. The van der Waals surface area contributed by atoms with Gasteiger partial charge in [0.15, 0.2) is 0 Å². The van der Waals surface area contributed by atoms with E-state index in [1.807, 2.05) is 7.11 Å². The Morgan fingerprint density at radius 1 is 1.10 bits per heavy atom. The molecule has 3 aliphatic heterocycles. The maximum atomic E-state index is 5.44. The highest BCUT2D eigenvalue weighted by atomic mass is 16.5. The van der Waals surface area contributed by atoms with Gasteiger partial charge in [0, 0.05) is 44.9 Å². The molecule has 1 spiro atoms. The van der Waals surface area contributed by atoms with E-state index in [0.29, 0.717) is 11.6 Å². The van der Waals surface area contributed by atoms with E-state index in [9.17, 15) is 0 Å². The maximum Gasteiger partial charge on any atom is 0.0601 e. The third kappa shape index (κ3) is 2.54. The highest BCUT2D eigenvalue weighted by molar-refractivity contribution is 5.14. The lowest BCUT2D eigenvalue weighted by Gasteiger charge is -2.67. The van der Waals surface area contributed by atoms with E-state index in [4.69, 9.17) is 4.74 Å². The minimum Gasteiger partial charge on any atom is -0.381 e. The number of hydrogen-bond acceptors (Lipinski definition) is 4. The standard InChI is InChI=1S/C17H31N3O/c1-18-6-3-14(4-7-18)11-19-12-17(13-19)5-8-20(17)15-9-16(10-15)21-2/h14-16H,3-13H2,1-2H3/t15-,16-. The maximum absolute atomic E-state index is 5.44. The lowest BCUT2D eigenvalue weighted by Crippen LogP contribution is -2.79. The van der Waals surface area contributed by atoms with Gasteiger partial charge in [-0.05, 0) is 58.2 Å². The lowest BCUT2D eigenvalue weighted by molar-refractivity contribution is -0.177. The zero-order chi connectivity index (χ0) is 14.4. The molecule has 0 bridgehead atoms. The minimum atomic E-state index is 0.544. The van der Waals surface area contributed by atoms with E-state index >= 15 is 0 Å². The van der Waals surface area contributed by atoms with Crippen LogP contribution in [0.5, 0.6) is 0 Å². The summed E-state index contributed by atoms with van der Waals surface area (Å²) in [4.78, 5) is 8.02. The smallest absolute Gasteiger partial charge is 0.0601 e. The van der Waals surface area contributed by atoms with Crippen LogP contribution in [0.1, 0.15) is 32.1 Å². The zero-order valence-corrected chi connectivity index (χ0v) is 13.8. The van der Waals surface area contributed by atoms with Crippen molar-refractivity contribution in [1.29, 1.82) is 0 Å². The van der Waals surface area contributed by atoms with Gasteiger partial charge < -0.3 is 9.64 Å². The molecule has 0 aromatic carbocycles. The Balaban J connectivity index is 1.22. The van der Waals surface area contributed by atoms with Crippen molar-refractivity contribution in [3.05, 3.63) is 0 Å². The molecule has 4 nitrogen and oxygen atoms in total. The quantitative estimate of drug-likeness (QED) is 0.777. The highest BCUT2D eigenvalue weighted by Gasteiger charge is 2.56. The van der Waals surface area contributed by atoms with Crippen LogP contribution in [0, 0.1) is 5.92 Å². The van der Waals surface area contributed by atoms with Crippen LogP contribution in [0.15, 0.2) is 0 Å². The van der Waals surface area contributed by atoms with E-state index in [0.717, 1.165) is 12.0 Å². The Hall–Kier alpha value is -0.160. The number of nitrogens with zero attached hydrogens (tertiary/aromatic N) is 3. The van der Waals surface area contributed by atoms with Gasteiger partial charge in [-0.15, -0.1) is 0 Å². The molecule has 1 aliphatic carbocycles. The summed E-state index contributed by atoms with van der Waals surface area (Å²) in [6, 6.07) is 0.828. The normalized spacial score (nSPS) is 38.0. The fourth-order valence-electron chi connectivity index (χ4n) is 4.98. The predicted molar refractivity (Wildman–Crippen MR) is 84.5 cm³/mol. The summed E-state index contributed by atoms with van der Waals surface area (Å²) in [6.07, 6.45) is 7.33. The van der Waals surface area contributed by atoms with Crippen LogP contribution < -0.4 is 0 Å². The first-order valence-electron chi connectivity index (χ1n) is 8.89. The van der Waals surface area contributed by atoms with Gasteiger partial charge in [-0.25, -0.2) is 0 Å². The summed E-state index contributed by atoms with van der Waals surface area (Å²) in [7, 11) is 4.12. The van der Waals surface area contributed by atoms with Crippen molar-refractivity contribution >= 4 is 0 Å². The van der Waals surface area contributed by atoms with Gasteiger partial charge >= 0.3 is 0 Å². The third-order valence-electron chi connectivity index (χ3n) is 6.66. The summed E-state index contributed by atoms with van der Waals surface area (Å²) in [5.41, 5.74) is 0.578. The Bertz CT molecular complexity index is 368. The summed E-state index contributed by atoms with van der Waals surface area (Å²) >= 11 is 0. The van der Waals surface area contributed by atoms with Gasteiger partial charge in [0.05, 0.1) is 6.10 Å². The van der Waals surface area contributed by atoms with Crippen molar-refractivity contribution in [2.75, 3.05) is 53.4 Å². The summed E-state index contributed by atoms with van der Waals surface area (Å²) in [6.45, 7) is 7.98. The molecule has 4 aliphatic rings. The Labute approximate surface area is 129 Å². The van der Waals surface area contributed by atoms with Gasteiger partial charge in [-0.2, -0.15) is 0 Å². The van der Waals surface area contributed by atoms with Crippen LogP contribution in [0.3, 0.4) is 0 Å². The van der Waals surface area contributed by atoms with Crippen molar-refractivity contribution in [2.24, 2.45) is 5.92 Å². The Kier molecular flexibility index (Phi) is 3.77. The van der Waals surface area contributed by atoms with Crippen LogP contribution in [0.4, 0.5) is 0 Å². The summed E-state index contributed by atoms with van der Waals surface area (Å²) in [5, 5.41) is 0. The molecule has 0 aromatic rings. The van der Waals surface area contributed by atoms with Crippen LogP contribution >= 0.6 is 0 Å². The van der Waals surface area contributed by atoms with Crippen LogP contribution in [0.25, 0.3) is 0 Å². The van der Waals surface area contributed by atoms with E-state index in [1.54, 1.807) is 0 Å².